The summed E-state index contributed by atoms with van der Waals surface area (Å²) in [4.78, 5) is 0. The molecule has 0 saturated carbocycles. The molecule has 1 aromatic rings. The van der Waals surface area contributed by atoms with Gasteiger partial charge in [0.25, 0.3) is 0 Å². The zero-order valence-corrected chi connectivity index (χ0v) is 9.66. The molecule has 1 rings (SSSR count). The number of rotatable bonds is 3. The highest BCUT2D eigenvalue weighted by Crippen LogP contribution is 2.15. The molecule has 0 amide bonds. The first-order chi connectivity index (χ1) is 6.03. The van der Waals surface area contributed by atoms with Crippen molar-refractivity contribution in [3.63, 3.8) is 0 Å². The van der Waals surface area contributed by atoms with Gasteiger partial charge in [-0.1, -0.05) is 15.9 Å². The lowest BCUT2D eigenvalue weighted by atomic mass is 10.3. The van der Waals surface area contributed by atoms with Gasteiger partial charge in [-0.3, -0.25) is 4.72 Å². The molecule has 0 aliphatic rings. The Morgan fingerprint density at radius 3 is 2.31 bits per heavy atom. The Morgan fingerprint density at radius 1 is 1.31 bits per heavy atom. The smallest absolute Gasteiger partial charge is 0.246 e. The van der Waals surface area contributed by atoms with Crippen LogP contribution >= 0.6 is 27.5 Å². The van der Waals surface area contributed by atoms with Crippen LogP contribution in [0.25, 0.3) is 0 Å². The molecule has 0 aromatic heterocycles. The molecule has 0 spiro atoms. The monoisotopic (exact) mass is 283 g/mol. The maximum Gasteiger partial charge on any atom is 0.246 e. The Labute approximate surface area is 90.3 Å². The van der Waals surface area contributed by atoms with Crippen molar-refractivity contribution in [2.75, 3.05) is 9.93 Å². The maximum atomic E-state index is 11.0. The molecule has 0 unspecified atom stereocenters. The summed E-state index contributed by atoms with van der Waals surface area (Å²) in [5.74, 6) is 0. The van der Waals surface area contributed by atoms with Crippen LogP contribution in [0.1, 0.15) is 0 Å². The fourth-order valence-electron chi connectivity index (χ4n) is 0.725. The van der Waals surface area contributed by atoms with Gasteiger partial charge < -0.3 is 0 Å². The topological polar surface area (TPSA) is 46.2 Å². The van der Waals surface area contributed by atoms with E-state index in [0.29, 0.717) is 5.69 Å². The SMILES string of the molecule is O=S(=O)(CCl)Nc1ccc(Br)cc1. The highest BCUT2D eigenvalue weighted by molar-refractivity contribution is 9.10. The summed E-state index contributed by atoms with van der Waals surface area (Å²) in [6, 6.07) is 6.78. The van der Waals surface area contributed by atoms with Gasteiger partial charge in [0.05, 0.1) is 0 Å². The second-order valence-electron chi connectivity index (χ2n) is 2.33. The Balaban J connectivity index is 2.82. The Hall–Kier alpha value is -0.260. The molecule has 1 aromatic carbocycles. The summed E-state index contributed by atoms with van der Waals surface area (Å²) in [7, 11) is -3.39. The second-order valence-corrected chi connectivity index (χ2v) is 5.55. The molecular formula is C7H7BrClNO2S. The van der Waals surface area contributed by atoms with E-state index >= 15 is 0 Å². The molecule has 13 heavy (non-hydrogen) atoms. The molecule has 0 radical (unpaired) electrons. The Kier molecular flexibility index (Phi) is 3.58. The van der Waals surface area contributed by atoms with Gasteiger partial charge in [-0.25, -0.2) is 8.42 Å². The van der Waals surface area contributed by atoms with Crippen molar-refractivity contribution in [2.45, 2.75) is 0 Å². The van der Waals surface area contributed by atoms with E-state index in [1.54, 1.807) is 24.3 Å². The van der Waals surface area contributed by atoms with Gasteiger partial charge >= 0.3 is 0 Å². The summed E-state index contributed by atoms with van der Waals surface area (Å²) in [6.07, 6.45) is 0. The number of hydrogen-bond donors (Lipinski definition) is 1. The largest absolute Gasteiger partial charge is 0.283 e. The van der Waals surface area contributed by atoms with Crippen molar-refractivity contribution in [3.8, 4) is 0 Å². The van der Waals surface area contributed by atoms with Gasteiger partial charge in [-0.15, -0.1) is 11.6 Å². The quantitative estimate of drug-likeness (QED) is 0.866. The minimum atomic E-state index is -3.39. The minimum Gasteiger partial charge on any atom is -0.283 e. The number of alkyl halides is 1. The number of sulfonamides is 1. The van der Waals surface area contributed by atoms with E-state index in [1.165, 1.54) is 0 Å². The Morgan fingerprint density at radius 2 is 1.85 bits per heavy atom. The van der Waals surface area contributed by atoms with E-state index in [9.17, 15) is 8.42 Å². The van der Waals surface area contributed by atoms with Gasteiger partial charge in [0.1, 0.15) is 5.21 Å². The average molecular weight is 285 g/mol. The first-order valence-corrected chi connectivity index (χ1v) is 6.33. The van der Waals surface area contributed by atoms with E-state index in [2.05, 4.69) is 20.7 Å². The summed E-state index contributed by atoms with van der Waals surface area (Å²) in [6.45, 7) is 0. The molecule has 0 aliphatic heterocycles. The normalized spacial score (nSPS) is 11.2. The van der Waals surface area contributed by atoms with E-state index in [-0.39, 0.29) is 0 Å². The van der Waals surface area contributed by atoms with Crippen molar-refractivity contribution in [3.05, 3.63) is 28.7 Å². The molecule has 0 bridgehead atoms. The van der Waals surface area contributed by atoms with Crippen LogP contribution < -0.4 is 4.72 Å². The van der Waals surface area contributed by atoms with Gasteiger partial charge in [0.2, 0.25) is 10.0 Å². The van der Waals surface area contributed by atoms with Crippen molar-refractivity contribution in [1.82, 2.24) is 0 Å². The predicted octanol–water partition coefficient (Wildman–Crippen LogP) is 2.39. The summed E-state index contributed by atoms with van der Waals surface area (Å²) < 4.78 is 25.2. The van der Waals surface area contributed by atoms with Crippen LogP contribution in [-0.2, 0) is 10.0 Å². The van der Waals surface area contributed by atoms with Gasteiger partial charge in [0, 0.05) is 10.2 Å². The van der Waals surface area contributed by atoms with Crippen LogP contribution in [0.2, 0.25) is 0 Å². The number of hydrogen-bond acceptors (Lipinski definition) is 2. The summed E-state index contributed by atoms with van der Waals surface area (Å²) in [5, 5.41) is -0.441. The van der Waals surface area contributed by atoms with Gasteiger partial charge in [0.15, 0.2) is 0 Å². The lowest BCUT2D eigenvalue weighted by molar-refractivity contribution is 0.605. The van der Waals surface area contributed by atoms with Crippen LogP contribution in [0.5, 0.6) is 0 Å². The zero-order chi connectivity index (χ0) is 9.90. The molecular weight excluding hydrogens is 278 g/mol. The molecule has 0 atom stereocenters. The third kappa shape index (κ3) is 3.54. The molecule has 1 N–H and O–H groups in total. The van der Waals surface area contributed by atoms with E-state index in [0.717, 1.165) is 4.47 Å². The highest BCUT2D eigenvalue weighted by Gasteiger charge is 2.06. The van der Waals surface area contributed by atoms with Crippen LogP contribution in [0.4, 0.5) is 5.69 Å². The van der Waals surface area contributed by atoms with E-state index in [4.69, 9.17) is 11.6 Å². The zero-order valence-electron chi connectivity index (χ0n) is 6.50. The number of halogens is 2. The van der Waals surface area contributed by atoms with Crippen molar-refractivity contribution >= 4 is 43.2 Å². The first kappa shape index (κ1) is 10.8. The third-order valence-corrected chi connectivity index (χ3v) is 3.49. The summed E-state index contributed by atoms with van der Waals surface area (Å²) >= 11 is 8.45. The fourth-order valence-corrected chi connectivity index (χ4v) is 1.70. The average Bonchev–Trinajstić information content (AvgIpc) is 2.09. The molecule has 0 heterocycles. The molecule has 0 aliphatic carbocycles. The van der Waals surface area contributed by atoms with Gasteiger partial charge in [-0.2, -0.15) is 0 Å². The van der Waals surface area contributed by atoms with Crippen molar-refractivity contribution < 1.29 is 8.42 Å². The lowest BCUT2D eigenvalue weighted by Gasteiger charge is -2.04. The van der Waals surface area contributed by atoms with Crippen LogP contribution in [-0.4, -0.2) is 13.6 Å². The third-order valence-electron chi connectivity index (χ3n) is 1.26. The Bertz CT molecular complexity index is 376. The predicted molar refractivity (Wildman–Crippen MR) is 57.4 cm³/mol. The van der Waals surface area contributed by atoms with Crippen LogP contribution in [0.15, 0.2) is 28.7 Å². The molecule has 72 valence electrons. The van der Waals surface area contributed by atoms with E-state index < -0.39 is 15.2 Å². The van der Waals surface area contributed by atoms with Crippen molar-refractivity contribution in [1.29, 1.82) is 0 Å². The van der Waals surface area contributed by atoms with Crippen molar-refractivity contribution in [2.24, 2.45) is 0 Å². The molecule has 3 nitrogen and oxygen atoms in total. The maximum absolute atomic E-state index is 11.0. The minimum absolute atomic E-state index is 0.441. The summed E-state index contributed by atoms with van der Waals surface area (Å²) in [5.41, 5.74) is 0.504. The standard InChI is InChI=1S/C7H7BrClNO2S/c8-6-1-3-7(4-2-6)10-13(11,12)5-9/h1-4,10H,5H2. The van der Waals surface area contributed by atoms with E-state index in [1.807, 2.05) is 0 Å². The van der Waals surface area contributed by atoms with Crippen LogP contribution in [0, 0.1) is 0 Å². The first-order valence-electron chi connectivity index (χ1n) is 3.35. The highest BCUT2D eigenvalue weighted by atomic mass is 79.9. The molecule has 6 heteroatoms. The van der Waals surface area contributed by atoms with Gasteiger partial charge in [-0.05, 0) is 24.3 Å². The number of nitrogens with one attached hydrogen (secondary N) is 1. The number of benzene rings is 1. The van der Waals surface area contributed by atoms with Crippen LogP contribution in [0.3, 0.4) is 0 Å². The lowest BCUT2D eigenvalue weighted by Crippen LogP contribution is -2.13. The number of anilines is 1. The second kappa shape index (κ2) is 4.30. The fraction of sp³-hybridized carbons (Fsp3) is 0.143. The molecule has 0 fully saturated rings. The molecule has 0 saturated heterocycles.